The van der Waals surface area contributed by atoms with Gasteiger partial charge in [-0.15, -0.1) is 10.2 Å². The molecular weight excluding hydrogens is 362 g/mol. The number of halogens is 1. The van der Waals surface area contributed by atoms with Gasteiger partial charge in [-0.05, 0) is 42.8 Å². The van der Waals surface area contributed by atoms with Crippen LogP contribution in [0.5, 0.6) is 0 Å². The first-order chi connectivity index (χ1) is 13.2. The first-order valence-corrected chi connectivity index (χ1v) is 9.02. The largest absolute Gasteiger partial charge is 0.467 e. The van der Waals surface area contributed by atoms with Gasteiger partial charge in [-0.3, -0.25) is 5.32 Å². The summed E-state index contributed by atoms with van der Waals surface area (Å²) < 4.78 is 11.5. The molecule has 136 valence electrons. The van der Waals surface area contributed by atoms with Crippen molar-refractivity contribution in [3.63, 3.8) is 0 Å². The first-order valence-electron chi connectivity index (χ1n) is 8.64. The minimum Gasteiger partial charge on any atom is -0.467 e. The summed E-state index contributed by atoms with van der Waals surface area (Å²) in [5, 5.41) is 12.5. The third-order valence-electron chi connectivity index (χ3n) is 4.26. The monoisotopic (exact) mass is 379 g/mol. The highest BCUT2D eigenvalue weighted by atomic mass is 35.5. The average Bonchev–Trinajstić information content (AvgIpc) is 3.39. The maximum Gasteiger partial charge on any atom is 0.247 e. The van der Waals surface area contributed by atoms with E-state index in [1.807, 2.05) is 49.4 Å². The molecule has 0 amide bonds. The van der Waals surface area contributed by atoms with Gasteiger partial charge in [0.05, 0.1) is 18.3 Å². The SMILES string of the molecule is C[C@H](N[C@H](c1ccccc1)c1ccco1)c1nnc(-c2cccc(Cl)c2)o1. The molecule has 0 unspecified atom stereocenters. The maximum absolute atomic E-state index is 6.05. The lowest BCUT2D eigenvalue weighted by atomic mass is 10.0. The lowest BCUT2D eigenvalue weighted by Gasteiger charge is -2.20. The van der Waals surface area contributed by atoms with Gasteiger partial charge in [0.2, 0.25) is 11.8 Å². The van der Waals surface area contributed by atoms with Gasteiger partial charge < -0.3 is 8.83 Å². The van der Waals surface area contributed by atoms with Crippen molar-refractivity contribution in [3.05, 3.63) is 95.2 Å². The van der Waals surface area contributed by atoms with Crippen LogP contribution >= 0.6 is 11.6 Å². The molecule has 27 heavy (non-hydrogen) atoms. The van der Waals surface area contributed by atoms with Gasteiger partial charge in [-0.25, -0.2) is 0 Å². The molecule has 0 saturated heterocycles. The van der Waals surface area contributed by atoms with Crippen LogP contribution in [0.3, 0.4) is 0 Å². The highest BCUT2D eigenvalue weighted by Crippen LogP contribution is 2.28. The normalized spacial score (nSPS) is 13.4. The highest BCUT2D eigenvalue weighted by molar-refractivity contribution is 6.30. The standard InChI is InChI=1S/C21H18ClN3O2/c1-14(20-24-25-21(27-20)16-9-5-10-17(22)13-16)23-19(18-11-6-12-26-18)15-7-3-2-4-8-15/h2-14,19,23H,1H3/t14-,19+/m0/s1. The van der Waals surface area contributed by atoms with Crippen molar-refractivity contribution in [2.24, 2.45) is 0 Å². The Morgan fingerprint density at radius 1 is 0.963 bits per heavy atom. The molecule has 4 aromatic rings. The summed E-state index contributed by atoms with van der Waals surface area (Å²) in [7, 11) is 0. The summed E-state index contributed by atoms with van der Waals surface area (Å²) >= 11 is 6.05. The molecule has 2 heterocycles. The zero-order valence-electron chi connectivity index (χ0n) is 14.7. The zero-order chi connectivity index (χ0) is 18.6. The topological polar surface area (TPSA) is 64.1 Å². The summed E-state index contributed by atoms with van der Waals surface area (Å²) in [5.74, 6) is 1.76. The molecule has 0 saturated carbocycles. The molecule has 2 aromatic heterocycles. The van der Waals surface area contributed by atoms with Crippen LogP contribution in [0.2, 0.25) is 5.02 Å². The summed E-state index contributed by atoms with van der Waals surface area (Å²) in [4.78, 5) is 0. The van der Waals surface area contributed by atoms with E-state index in [1.54, 1.807) is 18.4 Å². The van der Waals surface area contributed by atoms with Crippen LogP contribution in [0.25, 0.3) is 11.5 Å². The van der Waals surface area contributed by atoms with Gasteiger partial charge in [0.25, 0.3) is 0 Å². The quantitative estimate of drug-likeness (QED) is 0.484. The number of hydrogen-bond acceptors (Lipinski definition) is 5. The van der Waals surface area contributed by atoms with E-state index >= 15 is 0 Å². The van der Waals surface area contributed by atoms with E-state index < -0.39 is 0 Å². The van der Waals surface area contributed by atoms with Crippen molar-refractivity contribution in [3.8, 4) is 11.5 Å². The van der Waals surface area contributed by atoms with E-state index in [1.165, 1.54) is 0 Å². The maximum atomic E-state index is 6.05. The Bertz CT molecular complexity index is 999. The molecule has 6 heteroatoms. The van der Waals surface area contributed by atoms with E-state index in [2.05, 4.69) is 27.6 Å². The summed E-state index contributed by atoms with van der Waals surface area (Å²) in [5.41, 5.74) is 1.88. The lowest BCUT2D eigenvalue weighted by molar-refractivity contribution is 0.372. The number of aromatic nitrogens is 2. The van der Waals surface area contributed by atoms with E-state index in [9.17, 15) is 0 Å². The zero-order valence-corrected chi connectivity index (χ0v) is 15.4. The molecule has 0 bridgehead atoms. The molecular formula is C21H18ClN3O2. The van der Waals surface area contributed by atoms with Gasteiger partial charge in [0.15, 0.2) is 0 Å². The lowest BCUT2D eigenvalue weighted by Crippen LogP contribution is -2.25. The molecule has 2 atom stereocenters. The van der Waals surface area contributed by atoms with Crippen molar-refractivity contribution >= 4 is 11.6 Å². The third-order valence-corrected chi connectivity index (χ3v) is 4.49. The van der Waals surface area contributed by atoms with Crippen molar-refractivity contribution in [2.75, 3.05) is 0 Å². The number of benzene rings is 2. The minimum atomic E-state index is -0.180. The number of rotatable bonds is 6. The number of hydrogen-bond donors (Lipinski definition) is 1. The van der Waals surface area contributed by atoms with Crippen LogP contribution in [0.15, 0.2) is 81.8 Å². The summed E-state index contributed by atoms with van der Waals surface area (Å²) in [6, 6.07) is 21.0. The highest BCUT2D eigenvalue weighted by Gasteiger charge is 2.23. The average molecular weight is 380 g/mol. The predicted octanol–water partition coefficient (Wildman–Crippen LogP) is 5.42. The molecule has 0 aliphatic heterocycles. The predicted molar refractivity (Wildman–Crippen MR) is 103 cm³/mol. The number of furan rings is 1. The minimum absolute atomic E-state index is 0.127. The fourth-order valence-electron chi connectivity index (χ4n) is 2.91. The van der Waals surface area contributed by atoms with Gasteiger partial charge in [0.1, 0.15) is 5.76 Å². The number of nitrogens with one attached hydrogen (secondary N) is 1. The smallest absolute Gasteiger partial charge is 0.247 e. The van der Waals surface area contributed by atoms with Gasteiger partial charge in [-0.1, -0.05) is 48.0 Å². The molecule has 0 radical (unpaired) electrons. The second-order valence-corrected chi connectivity index (χ2v) is 6.64. The Kier molecular flexibility index (Phi) is 5.05. The van der Waals surface area contributed by atoms with Gasteiger partial charge >= 0.3 is 0 Å². The summed E-state index contributed by atoms with van der Waals surface area (Å²) in [6.07, 6.45) is 1.67. The Balaban J connectivity index is 1.58. The van der Waals surface area contributed by atoms with E-state index in [0.717, 1.165) is 16.9 Å². The molecule has 5 nitrogen and oxygen atoms in total. The van der Waals surface area contributed by atoms with E-state index in [4.69, 9.17) is 20.4 Å². The Morgan fingerprint density at radius 3 is 2.56 bits per heavy atom. The van der Waals surface area contributed by atoms with Gasteiger partial charge in [-0.2, -0.15) is 0 Å². The Morgan fingerprint density at radius 2 is 1.81 bits per heavy atom. The fourth-order valence-corrected chi connectivity index (χ4v) is 3.10. The molecule has 1 N–H and O–H groups in total. The van der Waals surface area contributed by atoms with Crippen LogP contribution in [0.4, 0.5) is 0 Å². The fraction of sp³-hybridized carbons (Fsp3) is 0.143. The molecule has 0 spiro atoms. The Labute approximate surface area is 162 Å². The van der Waals surface area contributed by atoms with Crippen LogP contribution in [-0.4, -0.2) is 10.2 Å². The molecule has 4 rings (SSSR count). The summed E-state index contributed by atoms with van der Waals surface area (Å²) in [6.45, 7) is 1.98. The van der Waals surface area contributed by atoms with Crippen LogP contribution < -0.4 is 5.32 Å². The van der Waals surface area contributed by atoms with E-state index in [0.29, 0.717) is 16.8 Å². The molecule has 0 aliphatic carbocycles. The second kappa shape index (κ2) is 7.78. The van der Waals surface area contributed by atoms with Crippen molar-refractivity contribution < 1.29 is 8.83 Å². The molecule has 2 aromatic carbocycles. The third kappa shape index (κ3) is 3.94. The van der Waals surface area contributed by atoms with Crippen molar-refractivity contribution in [1.29, 1.82) is 0 Å². The van der Waals surface area contributed by atoms with E-state index in [-0.39, 0.29) is 12.1 Å². The Hall–Kier alpha value is -2.89. The van der Waals surface area contributed by atoms with Crippen molar-refractivity contribution in [1.82, 2.24) is 15.5 Å². The van der Waals surface area contributed by atoms with Crippen molar-refractivity contribution in [2.45, 2.75) is 19.0 Å². The van der Waals surface area contributed by atoms with Crippen LogP contribution in [0, 0.1) is 0 Å². The van der Waals surface area contributed by atoms with Gasteiger partial charge in [0, 0.05) is 10.6 Å². The molecule has 0 aliphatic rings. The molecule has 0 fully saturated rings. The van der Waals surface area contributed by atoms with Crippen LogP contribution in [-0.2, 0) is 0 Å². The second-order valence-electron chi connectivity index (χ2n) is 6.20. The first kappa shape index (κ1) is 17.5. The number of nitrogens with zero attached hydrogens (tertiary/aromatic N) is 2. The van der Waals surface area contributed by atoms with Crippen LogP contribution in [0.1, 0.15) is 36.2 Å².